The molecule has 0 aromatic heterocycles. The Balaban J connectivity index is 2.73. The average molecular weight is 338 g/mol. The summed E-state index contributed by atoms with van der Waals surface area (Å²) < 4.78 is 0.903. The molecule has 1 amide bonds. The fourth-order valence-corrected chi connectivity index (χ4v) is 1.45. The number of aliphatic carboxylic acids is 1. The van der Waals surface area contributed by atoms with E-state index in [1.807, 2.05) is 0 Å². The van der Waals surface area contributed by atoms with Crippen LogP contribution in [0.4, 0.5) is 5.69 Å². The molecule has 1 rings (SSSR count). The number of carbonyl (C=O) groups excluding carboxylic acids is 1. The topological polar surface area (TPSA) is 102 Å². The lowest BCUT2D eigenvalue weighted by Gasteiger charge is -2.08. The molecule has 0 aliphatic heterocycles. The summed E-state index contributed by atoms with van der Waals surface area (Å²) in [6, 6.07) is 7.76. The van der Waals surface area contributed by atoms with Gasteiger partial charge in [-0.1, -0.05) is 15.9 Å². The van der Waals surface area contributed by atoms with Crippen molar-refractivity contribution in [3.8, 4) is 6.07 Å². The van der Waals surface area contributed by atoms with Crippen LogP contribution in [0.2, 0.25) is 0 Å². The standard InChI is InChI=1S/C13H12BrN3O3/c1-8(13(19)20)17-12(18)9(6-15)7-16-11-4-2-10(14)3-5-11/h2-5,7-8,16H,1H3,(H,17,18)(H,19,20)/b9-7-. The number of nitriles is 1. The molecule has 0 heterocycles. The summed E-state index contributed by atoms with van der Waals surface area (Å²) in [5.41, 5.74) is 0.487. The van der Waals surface area contributed by atoms with Crippen molar-refractivity contribution in [2.24, 2.45) is 0 Å². The number of nitrogens with zero attached hydrogens (tertiary/aromatic N) is 1. The van der Waals surface area contributed by atoms with Crippen LogP contribution in [-0.4, -0.2) is 23.0 Å². The average Bonchev–Trinajstić information content (AvgIpc) is 2.41. The number of carboxylic acids is 1. The van der Waals surface area contributed by atoms with E-state index in [0.717, 1.165) is 4.47 Å². The molecule has 0 bridgehead atoms. The molecule has 1 aromatic carbocycles. The van der Waals surface area contributed by atoms with E-state index in [9.17, 15) is 9.59 Å². The van der Waals surface area contributed by atoms with Gasteiger partial charge in [0.25, 0.3) is 5.91 Å². The first-order valence-electron chi connectivity index (χ1n) is 5.60. The highest BCUT2D eigenvalue weighted by Gasteiger charge is 2.16. The second-order valence-electron chi connectivity index (χ2n) is 3.85. The molecule has 0 radical (unpaired) electrons. The lowest BCUT2D eigenvalue weighted by Crippen LogP contribution is -2.39. The van der Waals surface area contributed by atoms with Crippen LogP contribution in [0.1, 0.15) is 6.92 Å². The van der Waals surface area contributed by atoms with Crippen LogP contribution in [0.15, 0.2) is 40.5 Å². The predicted molar refractivity (Wildman–Crippen MR) is 76.7 cm³/mol. The second kappa shape index (κ2) is 7.31. The third kappa shape index (κ3) is 4.74. The highest BCUT2D eigenvalue weighted by atomic mass is 79.9. The SMILES string of the molecule is CC(NC(=O)/C(C#N)=C\Nc1ccc(Br)cc1)C(=O)O. The number of hydrogen-bond acceptors (Lipinski definition) is 4. The van der Waals surface area contributed by atoms with Gasteiger partial charge >= 0.3 is 5.97 Å². The fourth-order valence-electron chi connectivity index (χ4n) is 1.19. The van der Waals surface area contributed by atoms with Crippen LogP contribution in [0.3, 0.4) is 0 Å². The van der Waals surface area contributed by atoms with Gasteiger partial charge in [0.1, 0.15) is 17.7 Å². The molecule has 1 atom stereocenters. The normalized spacial score (nSPS) is 12.2. The Morgan fingerprint density at radius 1 is 1.40 bits per heavy atom. The molecule has 0 saturated heterocycles. The smallest absolute Gasteiger partial charge is 0.325 e. The molecule has 1 aromatic rings. The first kappa shape index (κ1) is 15.7. The van der Waals surface area contributed by atoms with Crippen LogP contribution < -0.4 is 10.6 Å². The first-order chi connectivity index (χ1) is 9.43. The van der Waals surface area contributed by atoms with Crippen LogP contribution in [0.5, 0.6) is 0 Å². The molecule has 0 aliphatic rings. The minimum atomic E-state index is -1.17. The minimum absolute atomic E-state index is 0.207. The van der Waals surface area contributed by atoms with E-state index in [4.69, 9.17) is 10.4 Å². The summed E-state index contributed by atoms with van der Waals surface area (Å²) in [4.78, 5) is 22.3. The number of nitrogens with one attached hydrogen (secondary N) is 2. The molecule has 3 N–H and O–H groups in total. The Labute approximate surface area is 124 Å². The van der Waals surface area contributed by atoms with E-state index in [-0.39, 0.29) is 5.57 Å². The number of benzene rings is 1. The van der Waals surface area contributed by atoms with Crippen LogP contribution in [0.25, 0.3) is 0 Å². The van der Waals surface area contributed by atoms with E-state index in [0.29, 0.717) is 5.69 Å². The van der Waals surface area contributed by atoms with Crippen LogP contribution in [0, 0.1) is 11.3 Å². The second-order valence-corrected chi connectivity index (χ2v) is 4.77. The monoisotopic (exact) mass is 337 g/mol. The summed E-state index contributed by atoms with van der Waals surface area (Å²) >= 11 is 3.29. The maximum atomic E-state index is 11.7. The molecule has 6 nitrogen and oxygen atoms in total. The third-order valence-corrected chi connectivity index (χ3v) is 2.84. The van der Waals surface area contributed by atoms with E-state index in [1.165, 1.54) is 13.1 Å². The van der Waals surface area contributed by atoms with Gasteiger partial charge in [-0.25, -0.2) is 0 Å². The number of anilines is 1. The molecule has 104 valence electrons. The maximum Gasteiger partial charge on any atom is 0.325 e. The molecular weight excluding hydrogens is 326 g/mol. The van der Waals surface area contributed by atoms with Crippen LogP contribution in [-0.2, 0) is 9.59 Å². The van der Waals surface area contributed by atoms with E-state index in [2.05, 4.69) is 26.6 Å². The van der Waals surface area contributed by atoms with Crippen molar-refractivity contribution in [1.82, 2.24) is 5.32 Å². The molecule has 7 heteroatoms. The molecule has 1 unspecified atom stereocenters. The Kier molecular flexibility index (Phi) is 5.74. The quantitative estimate of drug-likeness (QED) is 0.562. The summed E-state index contributed by atoms with van der Waals surface area (Å²) in [6.07, 6.45) is 1.23. The summed E-state index contributed by atoms with van der Waals surface area (Å²) in [5.74, 6) is -1.91. The number of carbonyl (C=O) groups is 2. The molecule has 0 aliphatic carbocycles. The number of amides is 1. The lowest BCUT2D eigenvalue weighted by atomic mass is 10.2. The molecular formula is C13H12BrN3O3. The van der Waals surface area contributed by atoms with Gasteiger partial charge in [0, 0.05) is 16.4 Å². The van der Waals surface area contributed by atoms with Gasteiger partial charge in [-0.05, 0) is 31.2 Å². The van der Waals surface area contributed by atoms with Gasteiger partial charge in [-0.2, -0.15) is 5.26 Å². The lowest BCUT2D eigenvalue weighted by molar-refractivity contribution is -0.140. The number of carboxylic acid groups (broad SMARTS) is 1. The van der Waals surface area contributed by atoms with Gasteiger partial charge in [0.2, 0.25) is 0 Å². The van der Waals surface area contributed by atoms with E-state index in [1.54, 1.807) is 30.3 Å². The Morgan fingerprint density at radius 2 is 2.00 bits per heavy atom. The highest BCUT2D eigenvalue weighted by molar-refractivity contribution is 9.10. The predicted octanol–water partition coefficient (Wildman–Crippen LogP) is 1.86. The maximum absolute atomic E-state index is 11.7. The Bertz CT molecular complexity index is 576. The summed E-state index contributed by atoms with van der Waals surface area (Å²) in [5, 5.41) is 22.6. The Hall–Kier alpha value is -2.33. The molecule has 0 spiro atoms. The van der Waals surface area contributed by atoms with Gasteiger partial charge in [-0.3, -0.25) is 9.59 Å². The van der Waals surface area contributed by atoms with Gasteiger partial charge in [0.05, 0.1) is 0 Å². The van der Waals surface area contributed by atoms with Crippen LogP contribution >= 0.6 is 15.9 Å². The zero-order valence-corrected chi connectivity index (χ0v) is 12.1. The van der Waals surface area contributed by atoms with Crippen molar-refractivity contribution in [3.63, 3.8) is 0 Å². The van der Waals surface area contributed by atoms with Crippen molar-refractivity contribution >= 4 is 33.5 Å². The number of rotatable bonds is 5. The van der Waals surface area contributed by atoms with Gasteiger partial charge in [-0.15, -0.1) is 0 Å². The van der Waals surface area contributed by atoms with E-state index < -0.39 is 17.9 Å². The highest BCUT2D eigenvalue weighted by Crippen LogP contribution is 2.14. The van der Waals surface area contributed by atoms with E-state index >= 15 is 0 Å². The number of halogens is 1. The fraction of sp³-hybridized carbons (Fsp3) is 0.154. The third-order valence-electron chi connectivity index (χ3n) is 2.31. The van der Waals surface area contributed by atoms with Crippen molar-refractivity contribution in [2.75, 3.05) is 5.32 Å². The molecule has 20 heavy (non-hydrogen) atoms. The zero-order chi connectivity index (χ0) is 15.1. The van der Waals surface area contributed by atoms with Gasteiger partial charge in [0.15, 0.2) is 0 Å². The summed E-state index contributed by atoms with van der Waals surface area (Å²) in [7, 11) is 0. The molecule has 0 fully saturated rings. The minimum Gasteiger partial charge on any atom is -0.480 e. The van der Waals surface area contributed by atoms with Crippen molar-refractivity contribution < 1.29 is 14.7 Å². The van der Waals surface area contributed by atoms with Gasteiger partial charge < -0.3 is 15.7 Å². The first-order valence-corrected chi connectivity index (χ1v) is 6.39. The summed E-state index contributed by atoms with van der Waals surface area (Å²) in [6.45, 7) is 1.32. The van der Waals surface area contributed by atoms with Crippen molar-refractivity contribution in [3.05, 3.63) is 40.5 Å². The molecule has 0 saturated carbocycles. The van der Waals surface area contributed by atoms with Crippen molar-refractivity contribution in [1.29, 1.82) is 5.26 Å². The Morgan fingerprint density at radius 3 is 2.50 bits per heavy atom. The van der Waals surface area contributed by atoms with Crippen molar-refractivity contribution in [2.45, 2.75) is 13.0 Å². The zero-order valence-electron chi connectivity index (χ0n) is 10.6. The largest absolute Gasteiger partial charge is 0.480 e. The number of hydrogen-bond donors (Lipinski definition) is 3.